The van der Waals surface area contributed by atoms with Crippen LogP contribution in [0.1, 0.15) is 42.2 Å². The maximum absolute atomic E-state index is 12.3. The summed E-state index contributed by atoms with van der Waals surface area (Å²) in [6.07, 6.45) is 5.10. The molecule has 1 aliphatic rings. The summed E-state index contributed by atoms with van der Waals surface area (Å²) in [7, 11) is 0. The minimum Gasteiger partial charge on any atom is -0.484 e. The third kappa shape index (κ3) is 5.58. The van der Waals surface area contributed by atoms with Crippen LogP contribution in [0.4, 0.5) is 0 Å². The zero-order valence-electron chi connectivity index (χ0n) is 15.4. The molecule has 0 saturated carbocycles. The zero-order valence-corrected chi connectivity index (χ0v) is 16.3. The van der Waals surface area contributed by atoms with E-state index >= 15 is 0 Å². The van der Waals surface area contributed by atoms with Crippen molar-refractivity contribution in [1.82, 2.24) is 10.2 Å². The van der Waals surface area contributed by atoms with E-state index in [0.717, 1.165) is 18.8 Å². The van der Waals surface area contributed by atoms with Gasteiger partial charge in [0.05, 0.1) is 6.04 Å². The molecule has 1 N–H and O–H groups in total. The molecule has 0 spiro atoms. The number of carbonyl (C=O) groups excluding carboxylic acids is 1. The second-order valence-corrected chi connectivity index (χ2v) is 7.87. The number of nitrogens with one attached hydrogen (secondary N) is 1. The zero-order chi connectivity index (χ0) is 18.2. The van der Waals surface area contributed by atoms with Crippen LogP contribution >= 0.6 is 11.3 Å². The highest BCUT2D eigenvalue weighted by molar-refractivity contribution is 7.10. The van der Waals surface area contributed by atoms with Gasteiger partial charge in [-0.2, -0.15) is 0 Å². The fourth-order valence-corrected chi connectivity index (χ4v) is 4.20. The number of ether oxygens (including phenoxy) is 1. The Bertz CT molecular complexity index is 662. The number of amides is 1. The van der Waals surface area contributed by atoms with Gasteiger partial charge in [0.15, 0.2) is 6.61 Å². The highest BCUT2D eigenvalue weighted by Crippen LogP contribution is 2.27. The van der Waals surface area contributed by atoms with Crippen LogP contribution in [0.3, 0.4) is 0 Å². The van der Waals surface area contributed by atoms with E-state index in [0.29, 0.717) is 6.54 Å². The molecule has 1 aliphatic heterocycles. The molecule has 5 heteroatoms. The topological polar surface area (TPSA) is 41.6 Å². The smallest absolute Gasteiger partial charge is 0.258 e. The number of carbonyl (C=O) groups is 1. The highest BCUT2D eigenvalue weighted by Gasteiger charge is 2.23. The third-order valence-corrected chi connectivity index (χ3v) is 5.81. The first-order valence-electron chi connectivity index (χ1n) is 9.46. The molecule has 1 aromatic carbocycles. The molecule has 2 heterocycles. The Morgan fingerprint density at radius 1 is 1.15 bits per heavy atom. The number of nitrogens with zero attached hydrogens (tertiary/aromatic N) is 1. The van der Waals surface area contributed by atoms with Crippen molar-refractivity contribution in [3.05, 3.63) is 52.2 Å². The number of hydrogen-bond donors (Lipinski definition) is 1. The van der Waals surface area contributed by atoms with Crippen LogP contribution in [0.15, 0.2) is 41.8 Å². The van der Waals surface area contributed by atoms with Gasteiger partial charge in [0, 0.05) is 11.4 Å². The van der Waals surface area contributed by atoms with Gasteiger partial charge in [-0.15, -0.1) is 11.3 Å². The van der Waals surface area contributed by atoms with Crippen LogP contribution in [0, 0.1) is 6.92 Å². The summed E-state index contributed by atoms with van der Waals surface area (Å²) in [5.74, 6) is 0.662. The molecule has 0 aliphatic carbocycles. The standard InChI is InChI=1S/C21H28N2O2S/c1-17-8-10-18(11-9-17)25-16-21(24)22-15-19(20-7-6-14-26-20)23-12-4-2-3-5-13-23/h6-11,14,19H,2-5,12-13,15-16H2,1H3,(H,22,24)/t19-/m0/s1. The van der Waals surface area contributed by atoms with E-state index in [-0.39, 0.29) is 18.6 Å². The first-order valence-corrected chi connectivity index (χ1v) is 10.3. The van der Waals surface area contributed by atoms with Crippen molar-refractivity contribution < 1.29 is 9.53 Å². The van der Waals surface area contributed by atoms with Gasteiger partial charge < -0.3 is 10.1 Å². The lowest BCUT2D eigenvalue weighted by atomic mass is 10.2. The van der Waals surface area contributed by atoms with Crippen LogP contribution in [-0.4, -0.2) is 37.0 Å². The molecular weight excluding hydrogens is 344 g/mol. The molecule has 0 unspecified atom stereocenters. The minimum absolute atomic E-state index is 0.0558. The van der Waals surface area contributed by atoms with Crippen molar-refractivity contribution in [1.29, 1.82) is 0 Å². The Labute approximate surface area is 160 Å². The van der Waals surface area contributed by atoms with Gasteiger partial charge in [0.2, 0.25) is 0 Å². The second kappa shape index (κ2) is 9.74. The molecule has 0 bridgehead atoms. The van der Waals surface area contributed by atoms with E-state index in [1.165, 1.54) is 36.1 Å². The van der Waals surface area contributed by atoms with Gasteiger partial charge in [0.25, 0.3) is 5.91 Å². The Morgan fingerprint density at radius 2 is 1.88 bits per heavy atom. The number of hydrogen-bond acceptors (Lipinski definition) is 4. The molecule has 0 radical (unpaired) electrons. The molecule has 1 amide bonds. The SMILES string of the molecule is Cc1ccc(OCC(=O)NC[C@@H](c2cccs2)N2CCCCCC2)cc1. The number of thiophene rings is 1. The molecule has 1 atom stereocenters. The summed E-state index contributed by atoms with van der Waals surface area (Å²) in [6, 6.07) is 12.3. The molecule has 140 valence electrons. The molecule has 1 aromatic heterocycles. The Balaban J connectivity index is 1.53. The molecule has 2 aromatic rings. The average Bonchev–Trinajstić information content (AvgIpc) is 3.04. The summed E-state index contributed by atoms with van der Waals surface area (Å²) >= 11 is 1.77. The summed E-state index contributed by atoms with van der Waals surface area (Å²) in [5.41, 5.74) is 1.18. The fourth-order valence-electron chi connectivity index (χ4n) is 3.34. The van der Waals surface area contributed by atoms with Crippen molar-refractivity contribution in [3.8, 4) is 5.75 Å². The van der Waals surface area contributed by atoms with E-state index < -0.39 is 0 Å². The van der Waals surface area contributed by atoms with Gasteiger partial charge in [-0.05, 0) is 56.4 Å². The number of aryl methyl sites for hydroxylation is 1. The van der Waals surface area contributed by atoms with Crippen LogP contribution < -0.4 is 10.1 Å². The number of benzene rings is 1. The van der Waals surface area contributed by atoms with Crippen molar-refractivity contribution in [2.75, 3.05) is 26.2 Å². The van der Waals surface area contributed by atoms with E-state index in [1.54, 1.807) is 11.3 Å². The Kier molecular flexibility index (Phi) is 7.09. The van der Waals surface area contributed by atoms with Gasteiger partial charge in [-0.25, -0.2) is 0 Å². The second-order valence-electron chi connectivity index (χ2n) is 6.89. The Hall–Kier alpha value is -1.85. The predicted molar refractivity (Wildman–Crippen MR) is 107 cm³/mol. The fraction of sp³-hybridized carbons (Fsp3) is 0.476. The van der Waals surface area contributed by atoms with Crippen molar-refractivity contribution in [2.45, 2.75) is 38.6 Å². The molecule has 1 saturated heterocycles. The van der Waals surface area contributed by atoms with Crippen molar-refractivity contribution in [2.24, 2.45) is 0 Å². The van der Waals surface area contributed by atoms with E-state index in [9.17, 15) is 4.79 Å². The van der Waals surface area contributed by atoms with Crippen molar-refractivity contribution in [3.63, 3.8) is 0 Å². The summed E-state index contributed by atoms with van der Waals surface area (Å²) in [4.78, 5) is 16.1. The molecular formula is C21H28N2O2S. The lowest BCUT2D eigenvalue weighted by molar-refractivity contribution is -0.123. The third-order valence-electron chi connectivity index (χ3n) is 4.84. The molecule has 1 fully saturated rings. The number of likely N-dealkylation sites (tertiary alicyclic amines) is 1. The van der Waals surface area contributed by atoms with Crippen LogP contribution in [0.25, 0.3) is 0 Å². The lowest BCUT2D eigenvalue weighted by Crippen LogP contribution is -2.39. The predicted octanol–water partition coefficient (Wildman–Crippen LogP) is 4.17. The largest absolute Gasteiger partial charge is 0.484 e. The monoisotopic (exact) mass is 372 g/mol. The van der Waals surface area contributed by atoms with Crippen LogP contribution in [0.5, 0.6) is 5.75 Å². The van der Waals surface area contributed by atoms with E-state index in [1.807, 2.05) is 31.2 Å². The minimum atomic E-state index is -0.0676. The maximum Gasteiger partial charge on any atom is 0.258 e. The van der Waals surface area contributed by atoms with Crippen LogP contribution in [-0.2, 0) is 4.79 Å². The van der Waals surface area contributed by atoms with Gasteiger partial charge in [0.1, 0.15) is 5.75 Å². The molecule has 26 heavy (non-hydrogen) atoms. The number of rotatable bonds is 7. The van der Waals surface area contributed by atoms with E-state index in [2.05, 4.69) is 27.7 Å². The normalized spacial score (nSPS) is 16.7. The summed E-state index contributed by atoms with van der Waals surface area (Å²) < 4.78 is 5.59. The average molecular weight is 373 g/mol. The highest BCUT2D eigenvalue weighted by atomic mass is 32.1. The van der Waals surface area contributed by atoms with Gasteiger partial charge >= 0.3 is 0 Å². The van der Waals surface area contributed by atoms with Gasteiger partial charge in [-0.1, -0.05) is 36.6 Å². The summed E-state index contributed by atoms with van der Waals surface area (Å²) in [6.45, 7) is 4.94. The van der Waals surface area contributed by atoms with Crippen LogP contribution in [0.2, 0.25) is 0 Å². The molecule has 4 nitrogen and oxygen atoms in total. The first-order chi connectivity index (χ1) is 12.7. The molecule has 3 rings (SSSR count). The Morgan fingerprint density at radius 3 is 2.54 bits per heavy atom. The van der Waals surface area contributed by atoms with Crippen molar-refractivity contribution >= 4 is 17.2 Å². The van der Waals surface area contributed by atoms with E-state index in [4.69, 9.17) is 4.74 Å². The quantitative estimate of drug-likeness (QED) is 0.793. The maximum atomic E-state index is 12.3. The lowest BCUT2D eigenvalue weighted by Gasteiger charge is -2.30. The van der Waals surface area contributed by atoms with Gasteiger partial charge in [-0.3, -0.25) is 9.69 Å². The summed E-state index contributed by atoms with van der Waals surface area (Å²) in [5, 5.41) is 5.19. The first kappa shape index (κ1) is 18.9.